The molecule has 0 saturated carbocycles. The molecule has 1 aliphatic heterocycles. The highest BCUT2D eigenvalue weighted by atomic mass is 32.2. The lowest BCUT2D eigenvalue weighted by molar-refractivity contribution is -0.133. The van der Waals surface area contributed by atoms with Gasteiger partial charge in [0.05, 0.1) is 6.04 Å². The van der Waals surface area contributed by atoms with E-state index < -0.39 is 0 Å². The van der Waals surface area contributed by atoms with E-state index in [-0.39, 0.29) is 11.9 Å². The largest absolute Gasteiger partial charge is 0.361 e. The van der Waals surface area contributed by atoms with Gasteiger partial charge in [-0.25, -0.2) is 4.72 Å². The van der Waals surface area contributed by atoms with E-state index in [0.717, 1.165) is 41.7 Å². The number of likely N-dealkylation sites (tertiary alicyclic amines) is 1. The standard InChI is InChI=1S/C23H27N5OS/c24-17-18-7-6-15-27(18)16-11-21(23(29)28-13-3-1-2-4-14-28)26-30-22-9-5-8-20-19(22)10-12-25-20/h5-10,12,15,21,25-26H,1-4,11,13-14,16H2. The molecule has 1 amide bonds. The number of rotatable bonds is 7. The fourth-order valence-electron chi connectivity index (χ4n) is 4.00. The Hall–Kier alpha value is -2.69. The van der Waals surface area contributed by atoms with E-state index in [4.69, 9.17) is 0 Å². The van der Waals surface area contributed by atoms with Gasteiger partial charge in [-0.2, -0.15) is 5.26 Å². The van der Waals surface area contributed by atoms with Crippen LogP contribution in [0.2, 0.25) is 0 Å². The second-order valence-corrected chi connectivity index (χ2v) is 8.57. The average Bonchev–Trinajstić information content (AvgIpc) is 3.35. The summed E-state index contributed by atoms with van der Waals surface area (Å²) in [6, 6.07) is 13.8. The number of nitrogens with zero attached hydrogens (tertiary/aromatic N) is 3. The maximum absolute atomic E-state index is 13.4. The van der Waals surface area contributed by atoms with Gasteiger partial charge in [-0.1, -0.05) is 18.9 Å². The Morgan fingerprint density at radius 3 is 2.80 bits per heavy atom. The molecule has 2 N–H and O–H groups in total. The molecule has 0 bridgehead atoms. The van der Waals surface area contributed by atoms with Gasteiger partial charge in [-0.15, -0.1) is 0 Å². The number of carbonyl (C=O) groups excluding carboxylic acids is 1. The van der Waals surface area contributed by atoms with Crippen LogP contribution in [-0.2, 0) is 11.3 Å². The Bertz CT molecular complexity index is 1030. The van der Waals surface area contributed by atoms with Crippen LogP contribution in [0.25, 0.3) is 10.9 Å². The van der Waals surface area contributed by atoms with Crippen LogP contribution < -0.4 is 4.72 Å². The van der Waals surface area contributed by atoms with Crippen molar-refractivity contribution < 1.29 is 4.79 Å². The number of hydrogen-bond donors (Lipinski definition) is 2. The molecular formula is C23H27N5OS. The minimum atomic E-state index is -0.309. The van der Waals surface area contributed by atoms with Gasteiger partial charge in [0.25, 0.3) is 0 Å². The number of H-pyrrole nitrogens is 1. The maximum Gasteiger partial charge on any atom is 0.240 e. The normalized spacial score (nSPS) is 15.6. The van der Waals surface area contributed by atoms with Crippen molar-refractivity contribution >= 4 is 28.8 Å². The van der Waals surface area contributed by atoms with Crippen LogP contribution in [0, 0.1) is 11.3 Å². The zero-order chi connectivity index (χ0) is 20.8. The Kier molecular flexibility index (Phi) is 6.77. The average molecular weight is 422 g/mol. The summed E-state index contributed by atoms with van der Waals surface area (Å²) in [5.74, 6) is 0.163. The lowest BCUT2D eigenvalue weighted by atomic mass is 10.2. The zero-order valence-corrected chi connectivity index (χ0v) is 17.8. The van der Waals surface area contributed by atoms with Crippen LogP contribution in [0.3, 0.4) is 0 Å². The predicted octanol–water partition coefficient (Wildman–Crippen LogP) is 4.30. The second-order valence-electron chi connectivity index (χ2n) is 7.69. The first kappa shape index (κ1) is 20.6. The third-order valence-electron chi connectivity index (χ3n) is 5.68. The first-order valence-corrected chi connectivity index (χ1v) is 11.4. The summed E-state index contributed by atoms with van der Waals surface area (Å²) in [5, 5.41) is 10.4. The van der Waals surface area contributed by atoms with Gasteiger partial charge in [-0.05, 0) is 61.5 Å². The van der Waals surface area contributed by atoms with Gasteiger partial charge in [-0.3, -0.25) is 4.79 Å². The van der Waals surface area contributed by atoms with Gasteiger partial charge in [0, 0.05) is 47.8 Å². The number of aryl methyl sites for hydroxylation is 1. The molecule has 7 heteroatoms. The zero-order valence-electron chi connectivity index (χ0n) is 17.0. The number of aromatic amines is 1. The number of fused-ring (bicyclic) bond motifs is 1. The van der Waals surface area contributed by atoms with Gasteiger partial charge >= 0.3 is 0 Å². The van der Waals surface area contributed by atoms with Gasteiger partial charge in [0.15, 0.2) is 0 Å². The molecule has 0 radical (unpaired) electrons. The Balaban J connectivity index is 1.49. The molecule has 4 rings (SSSR count). The van der Waals surface area contributed by atoms with E-state index in [2.05, 4.69) is 34.0 Å². The monoisotopic (exact) mass is 421 g/mol. The van der Waals surface area contributed by atoms with Crippen LogP contribution in [0.4, 0.5) is 0 Å². The number of benzene rings is 1. The van der Waals surface area contributed by atoms with Crippen LogP contribution >= 0.6 is 11.9 Å². The molecule has 2 aromatic heterocycles. The number of nitriles is 1. The third-order valence-corrected chi connectivity index (χ3v) is 6.66. The number of carbonyl (C=O) groups is 1. The number of hydrogen-bond acceptors (Lipinski definition) is 4. The molecule has 1 aromatic carbocycles. The molecule has 1 fully saturated rings. The molecule has 1 aliphatic rings. The number of nitrogens with one attached hydrogen (secondary N) is 2. The quantitative estimate of drug-likeness (QED) is 0.558. The summed E-state index contributed by atoms with van der Waals surface area (Å²) in [4.78, 5) is 19.7. The Labute approximate surface area is 181 Å². The number of aromatic nitrogens is 2. The van der Waals surface area contributed by atoms with Crippen molar-refractivity contribution in [1.29, 1.82) is 5.26 Å². The number of amides is 1. The van der Waals surface area contributed by atoms with E-state index in [0.29, 0.717) is 18.7 Å². The molecule has 0 spiro atoms. The molecular weight excluding hydrogens is 394 g/mol. The van der Waals surface area contributed by atoms with Crippen molar-refractivity contribution in [1.82, 2.24) is 19.2 Å². The molecule has 3 heterocycles. The van der Waals surface area contributed by atoms with E-state index >= 15 is 0 Å². The third kappa shape index (κ3) is 4.72. The topological polar surface area (TPSA) is 76.8 Å². The molecule has 30 heavy (non-hydrogen) atoms. The predicted molar refractivity (Wildman–Crippen MR) is 120 cm³/mol. The summed E-state index contributed by atoms with van der Waals surface area (Å²) >= 11 is 1.52. The highest BCUT2D eigenvalue weighted by Crippen LogP contribution is 2.26. The van der Waals surface area contributed by atoms with Gasteiger partial charge in [0.2, 0.25) is 5.91 Å². The second kappa shape index (κ2) is 9.88. The Morgan fingerprint density at radius 1 is 1.17 bits per heavy atom. The molecule has 6 nitrogen and oxygen atoms in total. The van der Waals surface area contributed by atoms with Crippen molar-refractivity contribution in [2.45, 2.75) is 49.6 Å². The van der Waals surface area contributed by atoms with Gasteiger partial charge in [0.1, 0.15) is 11.8 Å². The first-order valence-electron chi connectivity index (χ1n) is 10.6. The van der Waals surface area contributed by atoms with Crippen LogP contribution in [-0.4, -0.2) is 39.5 Å². The SMILES string of the molecule is N#Cc1cccn1CCC(NSc1cccc2[nH]ccc12)C(=O)N1CCCCCC1. The van der Waals surface area contributed by atoms with Gasteiger partial charge < -0.3 is 14.5 Å². The highest BCUT2D eigenvalue weighted by molar-refractivity contribution is 7.97. The summed E-state index contributed by atoms with van der Waals surface area (Å²) in [7, 11) is 0. The van der Waals surface area contributed by atoms with Crippen LogP contribution in [0.5, 0.6) is 0 Å². The summed E-state index contributed by atoms with van der Waals surface area (Å²) in [5.41, 5.74) is 1.71. The van der Waals surface area contributed by atoms with Crippen molar-refractivity contribution in [2.75, 3.05) is 13.1 Å². The van der Waals surface area contributed by atoms with Crippen LogP contribution in [0.1, 0.15) is 37.8 Å². The fourth-order valence-corrected chi connectivity index (χ4v) is 4.93. The molecule has 1 unspecified atom stereocenters. The molecule has 3 aromatic rings. The molecule has 1 atom stereocenters. The molecule has 1 saturated heterocycles. The summed E-state index contributed by atoms with van der Waals surface area (Å²) in [6.45, 7) is 2.30. The maximum atomic E-state index is 13.4. The van der Waals surface area contributed by atoms with Crippen molar-refractivity contribution in [3.63, 3.8) is 0 Å². The fraction of sp³-hybridized carbons (Fsp3) is 0.391. The van der Waals surface area contributed by atoms with E-state index in [1.54, 1.807) is 6.07 Å². The minimum Gasteiger partial charge on any atom is -0.361 e. The van der Waals surface area contributed by atoms with E-state index in [1.165, 1.54) is 24.8 Å². The summed E-state index contributed by atoms with van der Waals surface area (Å²) < 4.78 is 5.37. The lowest BCUT2D eigenvalue weighted by Crippen LogP contribution is -2.45. The van der Waals surface area contributed by atoms with Crippen LogP contribution in [0.15, 0.2) is 53.7 Å². The lowest BCUT2D eigenvalue weighted by Gasteiger charge is -2.27. The molecule has 156 valence electrons. The molecule has 0 aliphatic carbocycles. The Morgan fingerprint density at radius 2 is 2.00 bits per heavy atom. The van der Waals surface area contributed by atoms with Crippen molar-refractivity contribution in [3.8, 4) is 6.07 Å². The van der Waals surface area contributed by atoms with E-state index in [1.807, 2.05) is 34.0 Å². The highest BCUT2D eigenvalue weighted by Gasteiger charge is 2.25. The minimum absolute atomic E-state index is 0.163. The first-order chi connectivity index (χ1) is 14.8. The van der Waals surface area contributed by atoms with E-state index in [9.17, 15) is 10.1 Å². The summed E-state index contributed by atoms with van der Waals surface area (Å²) in [6.07, 6.45) is 9.01. The smallest absolute Gasteiger partial charge is 0.240 e. The van der Waals surface area contributed by atoms with Crippen molar-refractivity contribution in [3.05, 3.63) is 54.5 Å². The van der Waals surface area contributed by atoms with Crippen molar-refractivity contribution in [2.24, 2.45) is 0 Å².